The normalized spacial score (nSPS) is 14.2. The number of carbonyl (C=O) groups excluding carboxylic acids is 1. The molecule has 1 fully saturated rings. The van der Waals surface area contributed by atoms with Gasteiger partial charge in [-0.25, -0.2) is 0 Å². The van der Waals surface area contributed by atoms with Gasteiger partial charge in [-0.2, -0.15) is 0 Å². The molecule has 2 rings (SSSR count). The van der Waals surface area contributed by atoms with Gasteiger partial charge in [0.05, 0.1) is 15.9 Å². The van der Waals surface area contributed by atoms with Gasteiger partial charge in [0.15, 0.2) is 0 Å². The summed E-state index contributed by atoms with van der Waals surface area (Å²) >= 11 is 0. The van der Waals surface area contributed by atoms with E-state index in [-0.39, 0.29) is 23.0 Å². The first kappa shape index (κ1) is 15.7. The van der Waals surface area contributed by atoms with E-state index in [1.165, 1.54) is 12.1 Å². The number of rotatable bonds is 7. The minimum atomic E-state index is -0.671. The van der Waals surface area contributed by atoms with E-state index < -0.39 is 9.85 Å². The Labute approximate surface area is 126 Å². The molecular weight excluding hydrogens is 292 g/mol. The molecule has 0 spiro atoms. The number of anilines is 1. The number of likely N-dealkylation sites (tertiary alicyclic amines) is 1. The Hall–Kier alpha value is -2.71. The molecule has 22 heavy (non-hydrogen) atoms. The van der Waals surface area contributed by atoms with Crippen molar-refractivity contribution in [1.29, 1.82) is 0 Å². The van der Waals surface area contributed by atoms with Crippen LogP contribution in [0, 0.1) is 20.2 Å². The summed E-state index contributed by atoms with van der Waals surface area (Å²) in [5.74, 6) is 0.140. The van der Waals surface area contributed by atoms with Crippen LogP contribution in [0.3, 0.4) is 0 Å². The predicted octanol–water partition coefficient (Wildman–Crippen LogP) is 1.93. The molecule has 1 heterocycles. The highest BCUT2D eigenvalue weighted by atomic mass is 16.6. The van der Waals surface area contributed by atoms with Gasteiger partial charge >= 0.3 is 0 Å². The molecule has 1 aromatic carbocycles. The van der Waals surface area contributed by atoms with Crippen LogP contribution in [0.1, 0.15) is 19.3 Å². The van der Waals surface area contributed by atoms with Crippen molar-refractivity contribution in [2.45, 2.75) is 19.3 Å². The van der Waals surface area contributed by atoms with E-state index in [4.69, 9.17) is 0 Å². The number of non-ortho nitro benzene ring substituents is 1. The highest BCUT2D eigenvalue weighted by molar-refractivity contribution is 5.78. The van der Waals surface area contributed by atoms with E-state index in [1.807, 2.05) is 0 Å². The maximum atomic E-state index is 11.4. The first-order valence-corrected chi connectivity index (χ1v) is 6.93. The van der Waals surface area contributed by atoms with Crippen molar-refractivity contribution < 1.29 is 14.6 Å². The van der Waals surface area contributed by atoms with Gasteiger partial charge in [-0.05, 0) is 18.9 Å². The molecule has 0 aromatic heterocycles. The third-order valence-corrected chi connectivity index (χ3v) is 3.48. The summed E-state index contributed by atoms with van der Waals surface area (Å²) in [5, 5.41) is 24.5. The highest BCUT2D eigenvalue weighted by Crippen LogP contribution is 2.28. The summed E-state index contributed by atoms with van der Waals surface area (Å²) < 4.78 is 0. The molecule has 0 atom stereocenters. The maximum Gasteiger partial charge on any atom is 0.299 e. The number of benzene rings is 1. The number of hydrogen-bond acceptors (Lipinski definition) is 6. The van der Waals surface area contributed by atoms with E-state index in [2.05, 4.69) is 5.32 Å². The van der Waals surface area contributed by atoms with E-state index in [0.29, 0.717) is 25.9 Å². The van der Waals surface area contributed by atoms with Gasteiger partial charge in [0.2, 0.25) is 5.91 Å². The fourth-order valence-corrected chi connectivity index (χ4v) is 2.37. The number of nitrogens with zero attached hydrogens (tertiary/aromatic N) is 3. The average Bonchev–Trinajstić information content (AvgIpc) is 2.88. The molecule has 1 N–H and O–H groups in total. The van der Waals surface area contributed by atoms with Gasteiger partial charge in [-0.15, -0.1) is 0 Å². The van der Waals surface area contributed by atoms with E-state index in [1.54, 1.807) is 4.90 Å². The molecule has 1 amide bonds. The van der Waals surface area contributed by atoms with Gasteiger partial charge < -0.3 is 10.2 Å². The van der Waals surface area contributed by atoms with Crippen molar-refractivity contribution in [3.05, 3.63) is 38.4 Å². The Kier molecular flexibility index (Phi) is 4.87. The molecule has 9 heteroatoms. The number of hydrogen-bond donors (Lipinski definition) is 1. The smallest absolute Gasteiger partial charge is 0.299 e. The lowest BCUT2D eigenvalue weighted by molar-refractivity contribution is -0.393. The molecule has 1 aromatic rings. The van der Waals surface area contributed by atoms with Crippen LogP contribution in [-0.4, -0.2) is 40.3 Å². The number of nitrogens with one attached hydrogen (secondary N) is 1. The van der Waals surface area contributed by atoms with Crippen LogP contribution < -0.4 is 5.32 Å². The third kappa shape index (κ3) is 3.68. The van der Waals surface area contributed by atoms with Gasteiger partial charge in [-0.1, -0.05) is 0 Å². The van der Waals surface area contributed by atoms with Crippen LogP contribution in [0.15, 0.2) is 18.2 Å². The minimum absolute atomic E-state index is 0.140. The highest BCUT2D eigenvalue weighted by Gasteiger charge is 2.20. The Morgan fingerprint density at radius 3 is 2.59 bits per heavy atom. The zero-order valence-corrected chi connectivity index (χ0v) is 11.9. The van der Waals surface area contributed by atoms with Gasteiger partial charge in [0.1, 0.15) is 5.69 Å². The molecule has 0 unspecified atom stereocenters. The summed E-state index contributed by atoms with van der Waals surface area (Å²) in [7, 11) is 0. The topological polar surface area (TPSA) is 119 Å². The fourth-order valence-electron chi connectivity index (χ4n) is 2.37. The lowest BCUT2D eigenvalue weighted by Crippen LogP contribution is -2.27. The van der Waals surface area contributed by atoms with Gasteiger partial charge in [0, 0.05) is 32.1 Å². The van der Waals surface area contributed by atoms with E-state index >= 15 is 0 Å². The number of amides is 1. The Balaban J connectivity index is 1.93. The van der Waals surface area contributed by atoms with E-state index in [0.717, 1.165) is 19.0 Å². The second kappa shape index (κ2) is 6.83. The molecule has 1 saturated heterocycles. The predicted molar refractivity (Wildman–Crippen MR) is 78.7 cm³/mol. The lowest BCUT2D eigenvalue weighted by atomic mass is 10.2. The standard InChI is InChI=1S/C13H16N4O5/c18-13-3-1-7-15(13)8-2-6-14-11-5-4-10(16(19)20)9-12(11)17(21)22/h4-5,9,14H,1-3,6-8H2. The maximum absolute atomic E-state index is 11.4. The molecule has 1 aliphatic rings. The summed E-state index contributed by atoms with van der Waals surface area (Å²) in [5.41, 5.74) is -0.408. The fraction of sp³-hybridized carbons (Fsp3) is 0.462. The largest absolute Gasteiger partial charge is 0.379 e. The van der Waals surface area contributed by atoms with E-state index in [9.17, 15) is 25.0 Å². The van der Waals surface area contributed by atoms with Crippen molar-refractivity contribution in [3.8, 4) is 0 Å². The van der Waals surface area contributed by atoms with Crippen LogP contribution in [-0.2, 0) is 4.79 Å². The van der Waals surface area contributed by atoms with Crippen LogP contribution in [0.5, 0.6) is 0 Å². The lowest BCUT2D eigenvalue weighted by Gasteiger charge is -2.15. The number of nitro benzene ring substituents is 2. The van der Waals surface area contributed by atoms with Crippen LogP contribution in [0.4, 0.5) is 17.1 Å². The van der Waals surface area contributed by atoms with Crippen molar-refractivity contribution in [2.75, 3.05) is 25.0 Å². The van der Waals surface area contributed by atoms with Crippen LogP contribution in [0.2, 0.25) is 0 Å². The monoisotopic (exact) mass is 308 g/mol. The zero-order valence-electron chi connectivity index (χ0n) is 11.9. The third-order valence-electron chi connectivity index (χ3n) is 3.48. The molecule has 0 aliphatic carbocycles. The van der Waals surface area contributed by atoms with Crippen molar-refractivity contribution in [3.63, 3.8) is 0 Å². The molecule has 9 nitrogen and oxygen atoms in total. The molecule has 118 valence electrons. The summed E-state index contributed by atoms with van der Waals surface area (Å²) in [6.07, 6.45) is 2.11. The van der Waals surface area contributed by atoms with Crippen molar-refractivity contribution in [2.24, 2.45) is 0 Å². The Bertz CT molecular complexity index is 604. The van der Waals surface area contributed by atoms with Crippen LogP contribution in [0.25, 0.3) is 0 Å². The second-order valence-corrected chi connectivity index (χ2v) is 4.98. The molecule has 0 radical (unpaired) electrons. The van der Waals surface area contributed by atoms with Crippen molar-refractivity contribution in [1.82, 2.24) is 4.90 Å². The summed E-state index contributed by atoms with van der Waals surface area (Å²) in [6, 6.07) is 3.49. The first-order valence-electron chi connectivity index (χ1n) is 6.93. The zero-order chi connectivity index (χ0) is 16.1. The van der Waals surface area contributed by atoms with Crippen molar-refractivity contribution >= 4 is 23.0 Å². The minimum Gasteiger partial charge on any atom is -0.379 e. The molecule has 0 saturated carbocycles. The Morgan fingerprint density at radius 1 is 1.23 bits per heavy atom. The Morgan fingerprint density at radius 2 is 2.00 bits per heavy atom. The van der Waals surface area contributed by atoms with Gasteiger partial charge in [-0.3, -0.25) is 25.0 Å². The summed E-state index contributed by atoms with van der Waals surface area (Å²) in [4.78, 5) is 33.5. The average molecular weight is 308 g/mol. The molecule has 1 aliphatic heterocycles. The summed E-state index contributed by atoms with van der Waals surface area (Å²) in [6.45, 7) is 1.81. The number of nitro groups is 2. The SMILES string of the molecule is O=C1CCCN1CCCNc1ccc([N+](=O)[O-])cc1[N+](=O)[O-]. The first-order chi connectivity index (χ1) is 10.5. The second-order valence-electron chi connectivity index (χ2n) is 4.98. The van der Waals surface area contributed by atoms with Gasteiger partial charge in [0.25, 0.3) is 11.4 Å². The quantitative estimate of drug-likeness (QED) is 0.467. The number of carbonyl (C=O) groups is 1. The molecular formula is C13H16N4O5. The molecule has 0 bridgehead atoms. The van der Waals surface area contributed by atoms with Crippen LogP contribution >= 0.6 is 0 Å².